The maximum atomic E-state index is 12.7. The summed E-state index contributed by atoms with van der Waals surface area (Å²) in [4.78, 5) is 12.7. The van der Waals surface area contributed by atoms with Crippen molar-refractivity contribution in [1.82, 2.24) is 0 Å². The van der Waals surface area contributed by atoms with Gasteiger partial charge in [0.05, 0.1) is 8.13 Å². The molecule has 21 heavy (non-hydrogen) atoms. The van der Waals surface area contributed by atoms with E-state index in [-0.39, 0.29) is 11.5 Å². The molecule has 3 rings (SSSR count). The fraction of sp³-hybridized carbons (Fsp3) is 0.0556. The molecular weight excluding hydrogens is 264 g/mol. The Morgan fingerprint density at radius 3 is 2.62 bits per heavy atom. The second-order valence-corrected chi connectivity index (χ2v) is 4.38. The van der Waals surface area contributed by atoms with Crippen molar-refractivity contribution in [2.75, 3.05) is 6.56 Å². The van der Waals surface area contributed by atoms with E-state index < -0.39 is 12.0 Å². The molecule has 0 unspecified atom stereocenters. The highest BCUT2D eigenvalue weighted by Gasteiger charge is 2.16. The van der Waals surface area contributed by atoms with Crippen LogP contribution >= 0.6 is 0 Å². The number of hydrogen-bond donors (Lipinski definition) is 0. The second kappa shape index (κ2) is 5.67. The molecule has 2 aromatic carbocycles. The molecule has 0 aliphatic carbocycles. The van der Waals surface area contributed by atoms with Crippen molar-refractivity contribution in [3.63, 3.8) is 0 Å². The summed E-state index contributed by atoms with van der Waals surface area (Å²) in [6.07, 6.45) is 0.996. The number of para-hydroxylation sites is 1. The lowest BCUT2D eigenvalue weighted by Gasteiger charge is -2.10. The molecule has 0 fully saturated rings. The van der Waals surface area contributed by atoms with Crippen LogP contribution in [0.4, 0.5) is 0 Å². The average molecular weight is 280 g/mol. The van der Waals surface area contributed by atoms with Crippen molar-refractivity contribution in [2.24, 2.45) is 0 Å². The monoisotopic (exact) mass is 280 g/mol. The lowest BCUT2D eigenvalue weighted by Crippen LogP contribution is -2.10. The average Bonchev–Trinajstić information content (AvgIpc) is 2.58. The highest BCUT2D eigenvalue weighted by molar-refractivity contribution is 5.81. The molecule has 0 bridgehead atoms. The van der Waals surface area contributed by atoms with Crippen LogP contribution in [0.5, 0.6) is 5.75 Å². The third kappa shape index (κ3) is 2.46. The second-order valence-electron chi connectivity index (χ2n) is 4.38. The third-order valence-corrected chi connectivity index (χ3v) is 3.04. The quantitative estimate of drug-likeness (QED) is 0.677. The summed E-state index contributed by atoms with van der Waals surface area (Å²) >= 11 is 0. The first-order valence-electron chi connectivity index (χ1n) is 7.46. The predicted molar refractivity (Wildman–Crippen MR) is 83.6 cm³/mol. The molecule has 0 saturated heterocycles. The van der Waals surface area contributed by atoms with E-state index in [4.69, 9.17) is 11.9 Å². The number of fused-ring (bicyclic) bond motifs is 1. The number of hydrogen-bond acceptors (Lipinski definition) is 3. The minimum atomic E-state index is -2.18. The maximum Gasteiger partial charge on any atom is 0.235 e. The lowest BCUT2D eigenvalue weighted by atomic mass is 10.1. The van der Waals surface area contributed by atoms with E-state index >= 15 is 0 Å². The zero-order valence-electron chi connectivity index (χ0n) is 13.2. The van der Waals surface area contributed by atoms with Gasteiger partial charge in [-0.15, -0.1) is 0 Å². The molecule has 1 aromatic heterocycles. The Kier molecular flexibility index (Phi) is 2.95. The summed E-state index contributed by atoms with van der Waals surface area (Å²) in [5.41, 5.74) is 0.629. The molecule has 0 N–H and O–H groups in total. The van der Waals surface area contributed by atoms with E-state index in [0.717, 1.165) is 6.08 Å². The van der Waals surface area contributed by atoms with Gasteiger partial charge < -0.3 is 9.15 Å². The fourth-order valence-electron chi connectivity index (χ4n) is 2.10. The predicted octanol–water partition coefficient (Wildman–Crippen LogP) is 4.02. The molecule has 0 aliphatic heterocycles. The topological polar surface area (TPSA) is 39.4 Å². The molecule has 0 atom stereocenters. The van der Waals surface area contributed by atoms with Crippen molar-refractivity contribution in [3.05, 3.63) is 77.5 Å². The van der Waals surface area contributed by atoms with Crippen molar-refractivity contribution in [1.29, 1.82) is 0 Å². The Bertz CT molecular complexity index is 914. The molecule has 1 heterocycles. The molecule has 3 heteroatoms. The number of benzene rings is 2. The van der Waals surface area contributed by atoms with E-state index in [2.05, 4.69) is 6.58 Å². The van der Waals surface area contributed by atoms with Gasteiger partial charge in [0, 0.05) is 5.56 Å². The van der Waals surface area contributed by atoms with Crippen LogP contribution in [-0.2, 0) is 0 Å². The van der Waals surface area contributed by atoms with Crippen LogP contribution < -0.4 is 10.2 Å². The van der Waals surface area contributed by atoms with E-state index in [0.29, 0.717) is 16.5 Å². The van der Waals surface area contributed by atoms with Crippen LogP contribution in [0, 0.1) is 0 Å². The first kappa shape index (κ1) is 10.9. The van der Waals surface area contributed by atoms with Crippen LogP contribution in [0.15, 0.2) is 76.5 Å². The highest BCUT2D eigenvalue weighted by Crippen LogP contribution is 2.30. The zero-order valence-corrected chi connectivity index (χ0v) is 11.2. The Hall–Kier alpha value is -2.81. The summed E-state index contributed by atoms with van der Waals surface area (Å²) in [5, 5.41) is 0.335. The van der Waals surface area contributed by atoms with Gasteiger partial charge >= 0.3 is 0 Å². The summed E-state index contributed by atoms with van der Waals surface area (Å²) in [5.74, 6) is 0.0276. The van der Waals surface area contributed by atoms with Crippen LogP contribution in [0.2, 0.25) is 0 Å². The van der Waals surface area contributed by atoms with Gasteiger partial charge in [0.25, 0.3) is 0 Å². The van der Waals surface area contributed by atoms with Crippen molar-refractivity contribution < 1.29 is 11.9 Å². The summed E-state index contributed by atoms with van der Waals surface area (Å²) in [7, 11) is 0. The first-order valence-corrected chi connectivity index (χ1v) is 6.46. The van der Waals surface area contributed by atoms with Crippen molar-refractivity contribution in [2.45, 2.75) is 0 Å². The van der Waals surface area contributed by atoms with Crippen molar-refractivity contribution in [3.8, 4) is 17.1 Å². The van der Waals surface area contributed by atoms with Crippen molar-refractivity contribution >= 4 is 11.0 Å². The Balaban J connectivity index is 2.32. The van der Waals surface area contributed by atoms with Gasteiger partial charge in [-0.2, -0.15) is 0 Å². The number of ether oxygens (including phenoxy) is 1. The van der Waals surface area contributed by atoms with Gasteiger partial charge in [-0.25, -0.2) is 0 Å². The normalized spacial score (nSPS) is 12.6. The van der Waals surface area contributed by atoms with E-state index in [1.54, 1.807) is 48.5 Å². The maximum absolute atomic E-state index is 12.7. The summed E-state index contributed by atoms with van der Waals surface area (Å²) in [6, 6.07) is 15.8. The third-order valence-electron chi connectivity index (χ3n) is 3.04. The molecular formula is C18H14O3. The minimum Gasteiger partial charge on any atom is -0.482 e. The smallest absolute Gasteiger partial charge is 0.235 e. The molecule has 0 radical (unpaired) electrons. The molecule has 0 aliphatic rings. The first-order chi connectivity index (χ1) is 11.0. The van der Waals surface area contributed by atoms with E-state index in [9.17, 15) is 4.79 Å². The zero-order chi connectivity index (χ0) is 16.4. The van der Waals surface area contributed by atoms with Gasteiger partial charge in [0.2, 0.25) is 11.2 Å². The van der Waals surface area contributed by atoms with Gasteiger partial charge in [-0.05, 0) is 12.1 Å². The largest absolute Gasteiger partial charge is 0.482 e. The van der Waals surface area contributed by atoms with Crippen LogP contribution in [0.1, 0.15) is 2.74 Å². The van der Waals surface area contributed by atoms with Crippen LogP contribution in [0.25, 0.3) is 22.3 Å². The lowest BCUT2D eigenvalue weighted by molar-refractivity contribution is 0.351. The van der Waals surface area contributed by atoms with Gasteiger partial charge in [-0.3, -0.25) is 4.79 Å². The highest BCUT2D eigenvalue weighted by atomic mass is 16.5. The Morgan fingerprint density at radius 2 is 1.86 bits per heavy atom. The summed E-state index contributed by atoms with van der Waals surface area (Å²) < 4.78 is 26.6. The van der Waals surface area contributed by atoms with E-state index in [1.807, 2.05) is 6.07 Å². The molecule has 104 valence electrons. The van der Waals surface area contributed by atoms with Crippen LogP contribution in [-0.4, -0.2) is 6.56 Å². The van der Waals surface area contributed by atoms with Crippen LogP contribution in [0.3, 0.4) is 0 Å². The van der Waals surface area contributed by atoms with E-state index in [1.165, 1.54) is 0 Å². The molecule has 0 saturated carbocycles. The summed E-state index contributed by atoms with van der Waals surface area (Å²) in [6.45, 7) is 1.21. The molecule has 3 nitrogen and oxygen atoms in total. The fourth-order valence-corrected chi connectivity index (χ4v) is 2.10. The van der Waals surface area contributed by atoms with Gasteiger partial charge in [0.1, 0.15) is 12.1 Å². The Morgan fingerprint density at radius 1 is 1.14 bits per heavy atom. The number of rotatable bonds is 4. The SMILES string of the molecule is [2H]C([2H])(C=C)Oc1c(-c2ccccc2)oc2ccccc2c1=O. The van der Waals surface area contributed by atoms with Gasteiger partial charge in [-0.1, -0.05) is 55.1 Å². The standard InChI is InChI=1S/C18H14O3/c1-2-12-20-18-16(19)14-10-6-7-11-15(14)21-17(18)13-8-4-3-5-9-13/h2-11H,1,12H2/i12D2. The molecule has 0 amide bonds. The Labute approximate surface area is 124 Å². The minimum absolute atomic E-state index is 0.167. The molecule has 0 spiro atoms. The molecule has 3 aromatic rings. The van der Waals surface area contributed by atoms with Gasteiger partial charge in [0.15, 0.2) is 5.76 Å².